The summed E-state index contributed by atoms with van der Waals surface area (Å²) in [6.45, 7) is 8.25. The number of hydrogen-bond donors (Lipinski definition) is 0. The minimum Gasteiger partial charge on any atom is -0.465 e. The van der Waals surface area contributed by atoms with E-state index >= 15 is 0 Å². The van der Waals surface area contributed by atoms with E-state index < -0.39 is 17.4 Å². The lowest BCUT2D eigenvalue weighted by molar-refractivity contribution is -0.173. The molecule has 0 rings (SSSR count). The van der Waals surface area contributed by atoms with Crippen LogP contribution in [0.25, 0.3) is 0 Å². The van der Waals surface area contributed by atoms with Crippen LogP contribution in [0, 0.1) is 5.41 Å². The van der Waals surface area contributed by atoms with Crippen molar-refractivity contribution >= 4 is 11.9 Å². The van der Waals surface area contributed by atoms with E-state index in [2.05, 4.69) is 6.92 Å². The molecule has 0 N–H and O–H groups in total. The van der Waals surface area contributed by atoms with E-state index in [4.69, 9.17) is 9.47 Å². The van der Waals surface area contributed by atoms with Crippen molar-refractivity contribution < 1.29 is 19.1 Å². The second-order valence-electron chi connectivity index (χ2n) is 7.52. The van der Waals surface area contributed by atoms with Gasteiger partial charge in [-0.3, -0.25) is 9.59 Å². The van der Waals surface area contributed by atoms with Crippen molar-refractivity contribution in [3.8, 4) is 0 Å². The summed E-state index contributed by atoms with van der Waals surface area (Å²) < 4.78 is 10.4. The monoisotopic (exact) mass is 384 g/mol. The summed E-state index contributed by atoms with van der Waals surface area (Å²) in [5.74, 6) is -0.844. The number of esters is 2. The molecule has 27 heavy (non-hydrogen) atoms. The van der Waals surface area contributed by atoms with Crippen LogP contribution >= 0.6 is 0 Å². The highest BCUT2D eigenvalue weighted by molar-refractivity contribution is 6.00. The molecule has 0 atom stereocenters. The Morgan fingerprint density at radius 2 is 0.963 bits per heavy atom. The molecule has 4 heteroatoms. The lowest BCUT2D eigenvalue weighted by atomic mass is 9.80. The molecule has 0 aliphatic carbocycles. The van der Waals surface area contributed by atoms with E-state index in [1.54, 1.807) is 13.8 Å². The van der Waals surface area contributed by atoms with Gasteiger partial charge in [-0.2, -0.15) is 0 Å². The molecular formula is C23H44O4. The standard InChI is InChI=1S/C23H44O4/c1-5-9-10-11-12-13-14-15-16-17-18-19-20-23(6-2,21(24)26-7-3)22(25)27-8-4/h5-20H2,1-4H3. The Balaban J connectivity index is 4.06. The molecule has 0 aromatic heterocycles. The summed E-state index contributed by atoms with van der Waals surface area (Å²) >= 11 is 0. The second-order valence-corrected chi connectivity index (χ2v) is 7.52. The third kappa shape index (κ3) is 10.8. The first kappa shape index (κ1) is 25.9. The van der Waals surface area contributed by atoms with Gasteiger partial charge in [-0.15, -0.1) is 0 Å². The largest absolute Gasteiger partial charge is 0.465 e. The third-order valence-corrected chi connectivity index (χ3v) is 5.39. The predicted octanol–water partition coefficient (Wildman–Crippen LogP) is 6.60. The summed E-state index contributed by atoms with van der Waals surface area (Å²) in [6.07, 6.45) is 16.1. The van der Waals surface area contributed by atoms with Crippen molar-refractivity contribution in [1.82, 2.24) is 0 Å². The molecule has 0 spiro atoms. The SMILES string of the molecule is CCCCCCCCCCCCCCC(CC)(C(=O)OCC)C(=O)OCC. The van der Waals surface area contributed by atoms with Crippen LogP contribution in [0.3, 0.4) is 0 Å². The molecular weight excluding hydrogens is 340 g/mol. The highest BCUT2D eigenvalue weighted by Gasteiger charge is 2.46. The van der Waals surface area contributed by atoms with Gasteiger partial charge in [0, 0.05) is 0 Å². The van der Waals surface area contributed by atoms with Crippen LogP contribution in [-0.2, 0) is 19.1 Å². The van der Waals surface area contributed by atoms with Gasteiger partial charge in [0.05, 0.1) is 13.2 Å². The minimum absolute atomic E-state index is 0.290. The Kier molecular flexibility index (Phi) is 16.4. The van der Waals surface area contributed by atoms with Crippen molar-refractivity contribution in [2.75, 3.05) is 13.2 Å². The molecule has 0 fully saturated rings. The van der Waals surface area contributed by atoms with E-state index in [0.29, 0.717) is 26.1 Å². The molecule has 0 heterocycles. The topological polar surface area (TPSA) is 52.6 Å². The van der Waals surface area contributed by atoms with E-state index in [-0.39, 0.29) is 0 Å². The molecule has 0 radical (unpaired) electrons. The van der Waals surface area contributed by atoms with E-state index in [1.165, 1.54) is 64.2 Å². The van der Waals surface area contributed by atoms with Gasteiger partial charge >= 0.3 is 11.9 Å². The molecule has 0 aliphatic heterocycles. The lowest BCUT2D eigenvalue weighted by Gasteiger charge is -2.27. The van der Waals surface area contributed by atoms with Crippen LogP contribution in [0.2, 0.25) is 0 Å². The number of ether oxygens (including phenoxy) is 2. The number of carbonyl (C=O) groups is 2. The summed E-state index contributed by atoms with van der Waals surface area (Å²) in [5.41, 5.74) is -1.12. The smallest absolute Gasteiger partial charge is 0.323 e. The normalized spacial score (nSPS) is 11.4. The maximum absolute atomic E-state index is 12.4. The van der Waals surface area contributed by atoms with Crippen LogP contribution in [0.4, 0.5) is 0 Å². The highest BCUT2D eigenvalue weighted by atomic mass is 16.6. The summed E-state index contributed by atoms with van der Waals surface area (Å²) in [7, 11) is 0. The third-order valence-electron chi connectivity index (χ3n) is 5.39. The van der Waals surface area contributed by atoms with Crippen molar-refractivity contribution in [3.63, 3.8) is 0 Å². The fourth-order valence-corrected chi connectivity index (χ4v) is 3.56. The van der Waals surface area contributed by atoms with Crippen LogP contribution in [0.5, 0.6) is 0 Å². The molecule has 0 bridgehead atoms. The van der Waals surface area contributed by atoms with E-state index in [0.717, 1.165) is 12.8 Å². The Morgan fingerprint density at radius 3 is 1.30 bits per heavy atom. The Hall–Kier alpha value is -1.06. The second kappa shape index (κ2) is 17.1. The first-order valence-electron chi connectivity index (χ1n) is 11.4. The van der Waals surface area contributed by atoms with Crippen molar-refractivity contribution in [2.45, 2.75) is 118 Å². The predicted molar refractivity (Wildman–Crippen MR) is 112 cm³/mol. The van der Waals surface area contributed by atoms with Gasteiger partial charge < -0.3 is 9.47 Å². The van der Waals surface area contributed by atoms with Gasteiger partial charge in [-0.1, -0.05) is 90.9 Å². The van der Waals surface area contributed by atoms with E-state index in [9.17, 15) is 9.59 Å². The summed E-state index contributed by atoms with van der Waals surface area (Å²) in [5, 5.41) is 0. The molecule has 4 nitrogen and oxygen atoms in total. The van der Waals surface area contributed by atoms with Gasteiger partial charge in [0.25, 0.3) is 0 Å². The first-order valence-corrected chi connectivity index (χ1v) is 11.4. The first-order chi connectivity index (χ1) is 13.1. The van der Waals surface area contributed by atoms with Crippen molar-refractivity contribution in [2.24, 2.45) is 5.41 Å². The quantitative estimate of drug-likeness (QED) is 0.152. The zero-order chi connectivity index (χ0) is 20.4. The van der Waals surface area contributed by atoms with Gasteiger partial charge in [0.2, 0.25) is 0 Å². The van der Waals surface area contributed by atoms with Gasteiger partial charge in [0.1, 0.15) is 0 Å². The van der Waals surface area contributed by atoms with Gasteiger partial charge in [-0.05, 0) is 26.7 Å². The zero-order valence-corrected chi connectivity index (χ0v) is 18.4. The Labute approximate surface area is 167 Å². The maximum Gasteiger partial charge on any atom is 0.323 e. The zero-order valence-electron chi connectivity index (χ0n) is 18.4. The number of hydrogen-bond acceptors (Lipinski definition) is 4. The van der Waals surface area contributed by atoms with Crippen LogP contribution in [0.1, 0.15) is 118 Å². The average Bonchev–Trinajstić information content (AvgIpc) is 2.66. The molecule has 0 aromatic rings. The molecule has 0 saturated heterocycles. The van der Waals surface area contributed by atoms with Gasteiger partial charge in [0.15, 0.2) is 5.41 Å². The molecule has 0 aromatic carbocycles. The van der Waals surface area contributed by atoms with Crippen molar-refractivity contribution in [3.05, 3.63) is 0 Å². The summed E-state index contributed by atoms with van der Waals surface area (Å²) in [4.78, 5) is 24.8. The number of carbonyl (C=O) groups excluding carboxylic acids is 2. The molecule has 0 aliphatic rings. The Morgan fingerprint density at radius 1 is 0.593 bits per heavy atom. The minimum atomic E-state index is -1.12. The molecule has 160 valence electrons. The van der Waals surface area contributed by atoms with E-state index in [1.807, 2.05) is 6.92 Å². The van der Waals surface area contributed by atoms with Gasteiger partial charge in [-0.25, -0.2) is 0 Å². The van der Waals surface area contributed by atoms with Crippen LogP contribution in [-0.4, -0.2) is 25.2 Å². The fourth-order valence-electron chi connectivity index (χ4n) is 3.56. The maximum atomic E-state index is 12.4. The number of unbranched alkanes of at least 4 members (excludes halogenated alkanes) is 11. The van der Waals surface area contributed by atoms with Crippen LogP contribution < -0.4 is 0 Å². The average molecular weight is 385 g/mol. The molecule has 0 unspecified atom stereocenters. The molecule has 0 amide bonds. The lowest BCUT2D eigenvalue weighted by Crippen LogP contribution is -2.41. The van der Waals surface area contributed by atoms with Crippen LogP contribution in [0.15, 0.2) is 0 Å². The fraction of sp³-hybridized carbons (Fsp3) is 0.913. The summed E-state index contributed by atoms with van der Waals surface area (Å²) in [6, 6.07) is 0. The number of rotatable bonds is 18. The highest BCUT2D eigenvalue weighted by Crippen LogP contribution is 2.33. The Bertz CT molecular complexity index is 361. The molecule has 0 saturated carbocycles. The van der Waals surface area contributed by atoms with Crippen molar-refractivity contribution in [1.29, 1.82) is 0 Å².